The Morgan fingerprint density at radius 1 is 1.31 bits per heavy atom. The number of hydrogen-bond donors (Lipinski definition) is 1. The Morgan fingerprint density at radius 2 is 2.06 bits per heavy atom. The maximum absolute atomic E-state index is 6.06. The van der Waals surface area contributed by atoms with Gasteiger partial charge in [-0.05, 0) is 29.6 Å². The summed E-state index contributed by atoms with van der Waals surface area (Å²) in [4.78, 5) is 0. The van der Waals surface area contributed by atoms with E-state index in [1.165, 1.54) is 23.1 Å². The van der Waals surface area contributed by atoms with Gasteiger partial charge in [-0.1, -0.05) is 37.3 Å². The summed E-state index contributed by atoms with van der Waals surface area (Å²) < 4.78 is 0. The van der Waals surface area contributed by atoms with Crippen molar-refractivity contribution in [2.24, 2.45) is 0 Å². The van der Waals surface area contributed by atoms with Gasteiger partial charge in [-0.25, -0.2) is 0 Å². The molecule has 86 valence electrons. The molecule has 0 aromatic heterocycles. The normalized spacial score (nSPS) is 21.2. The molecule has 0 radical (unpaired) electrons. The standard InChI is InChI=1S/C14H18ClN/c1-2-13-8-12(9-15)14(10-16-13)11-6-4-3-5-7-11/h3-7,13,16H,2,8-10H2,1H3. The minimum atomic E-state index is 0.598. The molecule has 0 fully saturated rings. The van der Waals surface area contributed by atoms with Crippen molar-refractivity contribution in [3.8, 4) is 0 Å². The van der Waals surface area contributed by atoms with Gasteiger partial charge in [-0.2, -0.15) is 0 Å². The highest BCUT2D eigenvalue weighted by Crippen LogP contribution is 2.26. The summed E-state index contributed by atoms with van der Waals surface area (Å²) in [5, 5.41) is 3.57. The highest BCUT2D eigenvalue weighted by Gasteiger charge is 2.19. The summed E-state index contributed by atoms with van der Waals surface area (Å²) in [6.07, 6.45) is 2.26. The predicted octanol–water partition coefficient (Wildman–Crippen LogP) is 3.45. The van der Waals surface area contributed by atoms with Crippen LogP contribution in [-0.2, 0) is 0 Å². The Hall–Kier alpha value is -0.790. The molecule has 0 aliphatic carbocycles. The fourth-order valence-electron chi connectivity index (χ4n) is 2.23. The minimum Gasteiger partial charge on any atom is -0.310 e. The summed E-state index contributed by atoms with van der Waals surface area (Å²) in [5.74, 6) is 0.655. The van der Waals surface area contributed by atoms with Crippen LogP contribution in [-0.4, -0.2) is 18.5 Å². The Morgan fingerprint density at radius 3 is 2.69 bits per heavy atom. The van der Waals surface area contributed by atoms with Gasteiger partial charge in [0.2, 0.25) is 0 Å². The van der Waals surface area contributed by atoms with Crippen LogP contribution in [0.1, 0.15) is 25.3 Å². The molecule has 1 aliphatic heterocycles. The van der Waals surface area contributed by atoms with Crippen LogP contribution in [0.25, 0.3) is 5.57 Å². The molecule has 0 spiro atoms. The van der Waals surface area contributed by atoms with E-state index in [9.17, 15) is 0 Å². The van der Waals surface area contributed by atoms with Crippen molar-refractivity contribution in [3.63, 3.8) is 0 Å². The number of nitrogens with one attached hydrogen (secondary N) is 1. The van der Waals surface area contributed by atoms with Crippen LogP contribution >= 0.6 is 11.6 Å². The van der Waals surface area contributed by atoms with Crippen molar-refractivity contribution in [2.45, 2.75) is 25.8 Å². The van der Waals surface area contributed by atoms with E-state index in [4.69, 9.17) is 11.6 Å². The number of rotatable bonds is 3. The molecule has 0 saturated carbocycles. The van der Waals surface area contributed by atoms with Gasteiger partial charge in [0.25, 0.3) is 0 Å². The second kappa shape index (κ2) is 5.51. The zero-order chi connectivity index (χ0) is 11.4. The lowest BCUT2D eigenvalue weighted by Crippen LogP contribution is -2.35. The quantitative estimate of drug-likeness (QED) is 0.792. The predicted molar refractivity (Wildman–Crippen MR) is 70.8 cm³/mol. The van der Waals surface area contributed by atoms with E-state index in [0.717, 1.165) is 13.0 Å². The lowest BCUT2D eigenvalue weighted by Gasteiger charge is -2.27. The Kier molecular flexibility index (Phi) is 4.03. The van der Waals surface area contributed by atoms with Gasteiger partial charge >= 0.3 is 0 Å². The molecule has 1 aromatic carbocycles. The zero-order valence-corrected chi connectivity index (χ0v) is 10.4. The monoisotopic (exact) mass is 235 g/mol. The Balaban J connectivity index is 2.28. The molecule has 1 atom stereocenters. The molecule has 0 saturated heterocycles. The molecular formula is C14H18ClN. The molecular weight excluding hydrogens is 218 g/mol. The topological polar surface area (TPSA) is 12.0 Å². The molecule has 1 aliphatic rings. The van der Waals surface area contributed by atoms with Crippen LogP contribution < -0.4 is 5.32 Å². The van der Waals surface area contributed by atoms with E-state index in [1.807, 2.05) is 0 Å². The fourth-order valence-corrected chi connectivity index (χ4v) is 2.50. The second-order valence-corrected chi connectivity index (χ2v) is 4.54. The van der Waals surface area contributed by atoms with E-state index in [0.29, 0.717) is 11.9 Å². The van der Waals surface area contributed by atoms with Crippen molar-refractivity contribution in [3.05, 3.63) is 41.5 Å². The highest BCUT2D eigenvalue weighted by molar-refractivity contribution is 6.20. The molecule has 0 amide bonds. The second-order valence-electron chi connectivity index (χ2n) is 4.27. The smallest absolute Gasteiger partial charge is 0.0440 e. The summed E-state index contributed by atoms with van der Waals surface area (Å²) in [6.45, 7) is 3.17. The third kappa shape index (κ3) is 2.47. The molecule has 1 heterocycles. The molecule has 1 nitrogen and oxygen atoms in total. The van der Waals surface area contributed by atoms with Crippen LogP contribution in [0, 0.1) is 0 Å². The molecule has 16 heavy (non-hydrogen) atoms. The first kappa shape index (κ1) is 11.7. The maximum Gasteiger partial charge on any atom is 0.0440 e. The van der Waals surface area contributed by atoms with E-state index >= 15 is 0 Å². The zero-order valence-electron chi connectivity index (χ0n) is 9.67. The molecule has 2 rings (SSSR count). The Labute approximate surface area is 103 Å². The van der Waals surface area contributed by atoms with Crippen LogP contribution in [0.3, 0.4) is 0 Å². The van der Waals surface area contributed by atoms with Gasteiger partial charge in [0.1, 0.15) is 0 Å². The maximum atomic E-state index is 6.06. The van der Waals surface area contributed by atoms with E-state index < -0.39 is 0 Å². The number of halogens is 1. The Bertz CT molecular complexity index is 370. The van der Waals surface area contributed by atoms with Gasteiger partial charge in [0, 0.05) is 18.5 Å². The molecule has 1 unspecified atom stereocenters. The highest BCUT2D eigenvalue weighted by atomic mass is 35.5. The van der Waals surface area contributed by atoms with Crippen LogP contribution in [0.4, 0.5) is 0 Å². The van der Waals surface area contributed by atoms with Crippen molar-refractivity contribution in [2.75, 3.05) is 12.4 Å². The SMILES string of the molecule is CCC1CC(CCl)=C(c2ccccc2)CN1. The molecule has 0 bridgehead atoms. The van der Waals surface area contributed by atoms with Gasteiger partial charge in [0.15, 0.2) is 0 Å². The fraction of sp³-hybridized carbons (Fsp3) is 0.429. The van der Waals surface area contributed by atoms with Gasteiger partial charge < -0.3 is 5.32 Å². The minimum absolute atomic E-state index is 0.598. The molecule has 2 heteroatoms. The average Bonchev–Trinajstić information content (AvgIpc) is 2.39. The summed E-state index contributed by atoms with van der Waals surface area (Å²) in [7, 11) is 0. The van der Waals surface area contributed by atoms with Gasteiger partial charge in [-0.15, -0.1) is 11.6 Å². The number of alkyl halides is 1. The lowest BCUT2D eigenvalue weighted by atomic mass is 9.91. The first-order valence-corrected chi connectivity index (χ1v) is 6.44. The molecule has 1 aromatic rings. The van der Waals surface area contributed by atoms with Crippen LogP contribution in [0.2, 0.25) is 0 Å². The van der Waals surface area contributed by atoms with Crippen molar-refractivity contribution < 1.29 is 0 Å². The van der Waals surface area contributed by atoms with E-state index in [1.54, 1.807) is 0 Å². The number of hydrogen-bond acceptors (Lipinski definition) is 1. The number of benzene rings is 1. The third-order valence-electron chi connectivity index (χ3n) is 3.26. The van der Waals surface area contributed by atoms with Crippen molar-refractivity contribution in [1.29, 1.82) is 0 Å². The largest absolute Gasteiger partial charge is 0.310 e. The third-order valence-corrected chi connectivity index (χ3v) is 3.59. The van der Waals surface area contributed by atoms with Crippen molar-refractivity contribution in [1.82, 2.24) is 5.32 Å². The van der Waals surface area contributed by atoms with Gasteiger partial charge in [0.05, 0.1) is 0 Å². The lowest BCUT2D eigenvalue weighted by molar-refractivity contribution is 0.507. The first-order chi connectivity index (χ1) is 7.85. The van der Waals surface area contributed by atoms with E-state index in [2.05, 4.69) is 42.6 Å². The summed E-state index contributed by atoms with van der Waals surface area (Å²) in [6, 6.07) is 11.1. The average molecular weight is 236 g/mol. The summed E-state index contributed by atoms with van der Waals surface area (Å²) >= 11 is 6.06. The van der Waals surface area contributed by atoms with Crippen LogP contribution in [0.15, 0.2) is 35.9 Å². The summed E-state index contributed by atoms with van der Waals surface area (Å²) in [5.41, 5.74) is 4.10. The molecule has 1 N–H and O–H groups in total. The first-order valence-electron chi connectivity index (χ1n) is 5.90. The van der Waals surface area contributed by atoms with Gasteiger partial charge in [-0.3, -0.25) is 0 Å². The van der Waals surface area contributed by atoms with E-state index in [-0.39, 0.29) is 0 Å². The van der Waals surface area contributed by atoms with Crippen molar-refractivity contribution >= 4 is 17.2 Å². The van der Waals surface area contributed by atoms with Crippen LogP contribution in [0.5, 0.6) is 0 Å².